The van der Waals surface area contributed by atoms with E-state index in [2.05, 4.69) is 32.9 Å². The van der Waals surface area contributed by atoms with Gasteiger partial charge in [-0.2, -0.15) is 0 Å². The predicted molar refractivity (Wildman–Crippen MR) is 99.2 cm³/mol. The Morgan fingerprint density at radius 2 is 2.12 bits per heavy atom. The van der Waals surface area contributed by atoms with Crippen molar-refractivity contribution in [1.29, 1.82) is 0 Å². The van der Waals surface area contributed by atoms with Crippen molar-refractivity contribution in [2.45, 2.75) is 6.92 Å². The van der Waals surface area contributed by atoms with Crippen molar-refractivity contribution in [3.05, 3.63) is 51.1 Å². The van der Waals surface area contributed by atoms with Gasteiger partial charge in [-0.1, -0.05) is 0 Å². The Morgan fingerprint density at radius 3 is 2.79 bits per heavy atom. The summed E-state index contributed by atoms with van der Waals surface area (Å²) in [6, 6.07) is 7.31. The monoisotopic (exact) mass is 439 g/mol. The Bertz CT molecular complexity index is 953. The molecule has 24 heavy (non-hydrogen) atoms. The number of carbonyl (C=O) groups is 1. The summed E-state index contributed by atoms with van der Waals surface area (Å²) in [5.74, 6) is -1.19. The molecule has 0 aliphatic carbocycles. The van der Waals surface area contributed by atoms with Gasteiger partial charge >= 0.3 is 5.97 Å². The summed E-state index contributed by atoms with van der Waals surface area (Å²) in [4.78, 5) is 16.2. The molecule has 0 saturated heterocycles. The highest BCUT2D eigenvalue weighted by molar-refractivity contribution is 14.1. The summed E-state index contributed by atoms with van der Waals surface area (Å²) in [6.45, 7) is 1.92. The maximum absolute atomic E-state index is 15.0. The van der Waals surface area contributed by atoms with Crippen molar-refractivity contribution in [3.8, 4) is 0 Å². The lowest BCUT2D eigenvalue weighted by molar-refractivity contribution is 0.0601. The van der Waals surface area contributed by atoms with Crippen molar-refractivity contribution < 1.29 is 13.9 Å². The number of hydrogen-bond acceptors (Lipinski definition) is 4. The highest BCUT2D eigenvalue weighted by Crippen LogP contribution is 2.32. The Balaban J connectivity index is 2.21. The molecule has 0 aliphatic rings. The zero-order chi connectivity index (χ0) is 17.4. The number of rotatable bonds is 3. The molecule has 1 aromatic heterocycles. The maximum atomic E-state index is 15.0. The number of halogens is 2. The van der Waals surface area contributed by atoms with Gasteiger partial charge in [-0.25, -0.2) is 14.2 Å². The van der Waals surface area contributed by atoms with Crippen molar-refractivity contribution in [2.75, 3.05) is 12.4 Å². The molecule has 7 heteroatoms. The topological polar surface area (TPSA) is 56.1 Å². The molecule has 1 heterocycles. The van der Waals surface area contributed by atoms with E-state index in [0.29, 0.717) is 5.52 Å². The number of anilines is 2. The normalized spacial score (nSPS) is 10.9. The molecule has 0 fully saturated rings. The van der Waals surface area contributed by atoms with Crippen molar-refractivity contribution in [3.63, 3.8) is 0 Å². The van der Waals surface area contributed by atoms with E-state index in [-0.39, 0.29) is 16.8 Å². The average Bonchev–Trinajstić information content (AvgIpc) is 2.92. The maximum Gasteiger partial charge on any atom is 0.340 e. The third-order valence-corrected chi connectivity index (χ3v) is 4.48. The molecule has 5 nitrogen and oxygen atoms in total. The van der Waals surface area contributed by atoms with Gasteiger partial charge in [-0.3, -0.25) is 0 Å². The van der Waals surface area contributed by atoms with Gasteiger partial charge in [-0.05, 0) is 59.3 Å². The van der Waals surface area contributed by atoms with Crippen LogP contribution in [0.3, 0.4) is 0 Å². The summed E-state index contributed by atoms with van der Waals surface area (Å²) in [5, 5.41) is 3.02. The van der Waals surface area contributed by atoms with E-state index in [1.54, 1.807) is 17.7 Å². The lowest BCUT2D eigenvalue weighted by Crippen LogP contribution is -2.09. The second kappa shape index (κ2) is 6.39. The van der Waals surface area contributed by atoms with E-state index in [1.807, 2.05) is 25.1 Å². The van der Waals surface area contributed by atoms with E-state index < -0.39 is 11.8 Å². The number of esters is 1. The highest BCUT2D eigenvalue weighted by atomic mass is 127. The number of ether oxygens (including phenoxy) is 1. The van der Waals surface area contributed by atoms with Gasteiger partial charge in [0.1, 0.15) is 5.52 Å². The number of carbonyl (C=O) groups excluding carboxylic acids is 1. The first kappa shape index (κ1) is 16.7. The number of fused-ring (bicyclic) bond motifs is 1. The van der Waals surface area contributed by atoms with Crippen molar-refractivity contribution in [1.82, 2.24) is 9.55 Å². The minimum Gasteiger partial charge on any atom is -0.465 e. The van der Waals surface area contributed by atoms with Gasteiger partial charge < -0.3 is 14.6 Å². The minimum absolute atomic E-state index is 0.0670. The van der Waals surface area contributed by atoms with Crippen LogP contribution in [-0.4, -0.2) is 22.6 Å². The van der Waals surface area contributed by atoms with Gasteiger partial charge in [0.05, 0.1) is 30.2 Å². The number of nitrogens with one attached hydrogen (secondary N) is 1. The quantitative estimate of drug-likeness (QED) is 0.492. The van der Waals surface area contributed by atoms with E-state index in [1.165, 1.54) is 13.4 Å². The third-order valence-electron chi connectivity index (χ3n) is 3.81. The fraction of sp³-hybridized carbons (Fsp3) is 0.176. The lowest BCUT2D eigenvalue weighted by atomic mass is 10.1. The molecule has 0 aliphatic heterocycles. The second-order valence-electron chi connectivity index (χ2n) is 5.41. The summed E-state index contributed by atoms with van der Waals surface area (Å²) < 4.78 is 22.5. The summed E-state index contributed by atoms with van der Waals surface area (Å²) >= 11 is 2.21. The molecule has 0 amide bonds. The van der Waals surface area contributed by atoms with Crippen LogP contribution >= 0.6 is 22.6 Å². The van der Waals surface area contributed by atoms with Crippen LogP contribution in [0.5, 0.6) is 0 Å². The van der Waals surface area contributed by atoms with Crippen LogP contribution in [0.15, 0.2) is 30.6 Å². The van der Waals surface area contributed by atoms with E-state index in [4.69, 9.17) is 4.74 Å². The molecule has 124 valence electrons. The summed E-state index contributed by atoms with van der Waals surface area (Å²) in [6.07, 6.45) is 1.51. The number of aromatic nitrogens is 2. The molecule has 0 bridgehead atoms. The second-order valence-corrected chi connectivity index (χ2v) is 6.66. The first-order valence-corrected chi connectivity index (χ1v) is 8.25. The Morgan fingerprint density at radius 1 is 1.38 bits per heavy atom. The fourth-order valence-electron chi connectivity index (χ4n) is 2.52. The molecule has 0 saturated carbocycles. The van der Waals surface area contributed by atoms with Crippen LogP contribution in [0.2, 0.25) is 0 Å². The number of hydrogen-bond donors (Lipinski definition) is 1. The molecule has 1 N–H and O–H groups in total. The molecular weight excluding hydrogens is 424 g/mol. The van der Waals surface area contributed by atoms with Crippen LogP contribution in [0.4, 0.5) is 15.8 Å². The van der Waals surface area contributed by atoms with Gasteiger partial charge in [0.15, 0.2) is 5.82 Å². The zero-order valence-electron chi connectivity index (χ0n) is 13.4. The molecule has 0 radical (unpaired) electrons. The van der Waals surface area contributed by atoms with Crippen molar-refractivity contribution >= 4 is 51.0 Å². The van der Waals surface area contributed by atoms with Gasteiger partial charge in [0, 0.05) is 16.3 Å². The summed E-state index contributed by atoms with van der Waals surface area (Å²) in [7, 11) is 3.01. The largest absolute Gasteiger partial charge is 0.465 e. The number of benzene rings is 2. The number of methoxy groups -OCH3 is 1. The van der Waals surface area contributed by atoms with Crippen LogP contribution in [0, 0.1) is 16.3 Å². The third kappa shape index (κ3) is 2.83. The Labute approximate surface area is 152 Å². The molecule has 0 atom stereocenters. The van der Waals surface area contributed by atoms with Crippen LogP contribution in [-0.2, 0) is 11.8 Å². The molecule has 0 spiro atoms. The van der Waals surface area contributed by atoms with Gasteiger partial charge in [0.25, 0.3) is 0 Å². The van der Waals surface area contributed by atoms with E-state index >= 15 is 0 Å². The van der Waals surface area contributed by atoms with Crippen LogP contribution < -0.4 is 5.32 Å². The van der Waals surface area contributed by atoms with Gasteiger partial charge in [0.2, 0.25) is 0 Å². The first-order chi connectivity index (χ1) is 11.4. The highest BCUT2D eigenvalue weighted by Gasteiger charge is 2.22. The van der Waals surface area contributed by atoms with Crippen LogP contribution in [0.25, 0.3) is 11.0 Å². The molecule has 3 rings (SSSR count). The van der Waals surface area contributed by atoms with Gasteiger partial charge in [-0.15, -0.1) is 0 Å². The molecule has 2 aromatic carbocycles. The number of nitrogens with zero attached hydrogens (tertiary/aromatic N) is 2. The van der Waals surface area contributed by atoms with Crippen LogP contribution in [0.1, 0.15) is 15.9 Å². The smallest absolute Gasteiger partial charge is 0.340 e. The number of imidazole rings is 1. The first-order valence-electron chi connectivity index (χ1n) is 7.17. The Hall–Kier alpha value is -2.16. The average molecular weight is 439 g/mol. The molecular formula is C17H15FIN3O2. The SMILES string of the molecule is COC(=O)c1cc2c(ncn2C)c(F)c1Nc1ccc(I)cc1C. The predicted octanol–water partition coefficient (Wildman–Crippen LogP) is 4.16. The fourth-order valence-corrected chi connectivity index (χ4v) is 3.17. The van der Waals surface area contributed by atoms with Crippen molar-refractivity contribution in [2.24, 2.45) is 7.05 Å². The number of aryl methyl sites for hydroxylation is 2. The Kier molecular flexibility index (Phi) is 4.44. The molecule has 0 unspecified atom stereocenters. The summed E-state index contributed by atoms with van der Waals surface area (Å²) in [5.41, 5.74) is 2.59. The standard InChI is InChI=1S/C17H15FIN3O2/c1-9-6-10(19)4-5-12(9)21-15-11(17(23)24-3)7-13-16(14(15)18)20-8-22(13)2/h4-8,21H,1-3H3. The van der Waals surface area contributed by atoms with E-state index in [0.717, 1.165) is 14.8 Å². The lowest BCUT2D eigenvalue weighted by Gasteiger charge is -2.15. The minimum atomic E-state index is -0.609. The molecule has 3 aromatic rings. The zero-order valence-corrected chi connectivity index (χ0v) is 15.5. The van der Waals surface area contributed by atoms with E-state index in [9.17, 15) is 9.18 Å².